The number of hydrogen-bond acceptors (Lipinski definition) is 4. The number of benzene rings is 3. The lowest BCUT2D eigenvalue weighted by Crippen LogP contribution is -2.31. The van der Waals surface area contributed by atoms with Crippen LogP contribution in [0.4, 0.5) is 5.69 Å². The predicted molar refractivity (Wildman–Crippen MR) is 125 cm³/mol. The van der Waals surface area contributed by atoms with E-state index in [0.29, 0.717) is 37.3 Å². The second-order valence-electron chi connectivity index (χ2n) is 7.65. The van der Waals surface area contributed by atoms with Crippen LogP contribution in [0.3, 0.4) is 0 Å². The molecule has 1 aliphatic rings. The van der Waals surface area contributed by atoms with E-state index in [1.165, 1.54) is 10.4 Å². The van der Waals surface area contributed by atoms with E-state index in [1.54, 1.807) is 30.2 Å². The zero-order valence-corrected chi connectivity index (χ0v) is 19.0. The van der Waals surface area contributed by atoms with Gasteiger partial charge in [-0.25, -0.2) is 8.42 Å². The van der Waals surface area contributed by atoms with Gasteiger partial charge in [0.25, 0.3) is 15.9 Å². The molecule has 3 aromatic carbocycles. The van der Waals surface area contributed by atoms with Crippen LogP contribution in [0.15, 0.2) is 77.7 Å². The Kier molecular flexibility index (Phi) is 6.19. The van der Waals surface area contributed by atoms with Gasteiger partial charge in [-0.05, 0) is 60.9 Å². The molecule has 0 radical (unpaired) electrons. The van der Waals surface area contributed by atoms with Crippen molar-refractivity contribution in [2.75, 3.05) is 24.5 Å². The highest BCUT2D eigenvalue weighted by Gasteiger charge is 2.31. The molecule has 6 nitrogen and oxygen atoms in total. The van der Waals surface area contributed by atoms with Crippen LogP contribution in [-0.2, 0) is 23.0 Å². The van der Waals surface area contributed by atoms with E-state index in [2.05, 4.69) is 0 Å². The largest absolute Gasteiger partial charge is 0.497 e. The summed E-state index contributed by atoms with van der Waals surface area (Å²) >= 11 is 0. The van der Waals surface area contributed by atoms with Crippen molar-refractivity contribution in [2.24, 2.45) is 0 Å². The van der Waals surface area contributed by atoms with Crippen molar-refractivity contribution in [1.29, 1.82) is 0 Å². The number of nitrogens with zero attached hydrogens (tertiary/aromatic N) is 2. The Morgan fingerprint density at radius 2 is 1.78 bits per heavy atom. The summed E-state index contributed by atoms with van der Waals surface area (Å²) in [6.45, 7) is 3.23. The number of amides is 1. The number of rotatable bonds is 7. The van der Waals surface area contributed by atoms with E-state index in [4.69, 9.17) is 4.74 Å². The van der Waals surface area contributed by atoms with Crippen molar-refractivity contribution in [3.05, 3.63) is 89.5 Å². The number of methoxy groups -OCH3 is 1. The molecule has 0 aliphatic carbocycles. The lowest BCUT2D eigenvalue weighted by Gasteiger charge is -2.23. The molecule has 0 N–H and O–H groups in total. The maximum atomic E-state index is 13.4. The number of fused-ring (bicyclic) bond motifs is 1. The Labute approximate surface area is 189 Å². The average Bonchev–Trinajstić information content (AvgIpc) is 3.28. The SMILES string of the molecule is CCN(Cc1ccc(OC)cc1)C(=O)c1cccc(S(=O)(=O)N2CCc3ccccc32)c1. The fraction of sp³-hybridized carbons (Fsp3) is 0.240. The zero-order chi connectivity index (χ0) is 22.7. The number of hydrogen-bond donors (Lipinski definition) is 0. The summed E-state index contributed by atoms with van der Waals surface area (Å²) in [6, 6.07) is 21.4. The molecule has 4 rings (SSSR count). The Bertz CT molecular complexity index is 1220. The highest BCUT2D eigenvalue weighted by molar-refractivity contribution is 7.92. The van der Waals surface area contributed by atoms with Crippen LogP contribution in [0.5, 0.6) is 5.75 Å². The fourth-order valence-electron chi connectivity index (χ4n) is 3.94. The monoisotopic (exact) mass is 450 g/mol. The van der Waals surface area contributed by atoms with Crippen molar-refractivity contribution in [1.82, 2.24) is 4.90 Å². The summed E-state index contributed by atoms with van der Waals surface area (Å²) in [5, 5.41) is 0. The second-order valence-corrected chi connectivity index (χ2v) is 9.51. The van der Waals surface area contributed by atoms with Crippen LogP contribution in [-0.4, -0.2) is 39.4 Å². The molecule has 0 saturated heterocycles. The van der Waals surface area contributed by atoms with Gasteiger partial charge >= 0.3 is 0 Å². The van der Waals surface area contributed by atoms with Crippen LogP contribution in [0, 0.1) is 0 Å². The maximum absolute atomic E-state index is 13.4. The topological polar surface area (TPSA) is 66.9 Å². The Morgan fingerprint density at radius 3 is 2.50 bits per heavy atom. The van der Waals surface area contributed by atoms with Gasteiger partial charge < -0.3 is 9.64 Å². The molecule has 3 aromatic rings. The van der Waals surface area contributed by atoms with Gasteiger partial charge in [-0.2, -0.15) is 0 Å². The standard InChI is InChI=1S/C25H26N2O4S/c1-3-26(18-19-11-13-22(31-2)14-12-19)25(28)21-8-6-9-23(17-21)32(29,30)27-16-15-20-7-4-5-10-24(20)27/h4-14,17H,3,15-16,18H2,1-2H3. The molecule has 166 valence electrons. The molecular weight excluding hydrogens is 424 g/mol. The van der Waals surface area contributed by atoms with E-state index >= 15 is 0 Å². The molecule has 7 heteroatoms. The average molecular weight is 451 g/mol. The van der Waals surface area contributed by atoms with Crippen molar-refractivity contribution >= 4 is 21.6 Å². The van der Waals surface area contributed by atoms with Gasteiger partial charge in [0.1, 0.15) is 5.75 Å². The first-order valence-corrected chi connectivity index (χ1v) is 12.0. The van der Waals surface area contributed by atoms with Gasteiger partial charge in [-0.1, -0.05) is 36.4 Å². The highest BCUT2D eigenvalue weighted by atomic mass is 32.2. The van der Waals surface area contributed by atoms with Crippen LogP contribution in [0.1, 0.15) is 28.4 Å². The summed E-state index contributed by atoms with van der Waals surface area (Å²) in [4.78, 5) is 15.0. The Balaban J connectivity index is 1.58. The summed E-state index contributed by atoms with van der Waals surface area (Å²) in [7, 11) is -2.15. The molecule has 0 spiro atoms. The van der Waals surface area contributed by atoms with Gasteiger partial charge in [0.2, 0.25) is 0 Å². The number of carbonyl (C=O) groups is 1. The second kappa shape index (κ2) is 9.04. The van der Waals surface area contributed by atoms with Gasteiger partial charge in [-0.3, -0.25) is 9.10 Å². The molecule has 0 atom stereocenters. The van der Waals surface area contributed by atoms with E-state index in [0.717, 1.165) is 16.9 Å². The van der Waals surface area contributed by atoms with Crippen molar-refractivity contribution in [2.45, 2.75) is 24.8 Å². The first-order valence-electron chi connectivity index (χ1n) is 10.6. The number of anilines is 1. The third kappa shape index (κ3) is 4.21. The van der Waals surface area contributed by atoms with Crippen molar-refractivity contribution < 1.29 is 17.9 Å². The molecule has 32 heavy (non-hydrogen) atoms. The minimum atomic E-state index is -3.76. The first kappa shape index (κ1) is 21.9. The quantitative estimate of drug-likeness (QED) is 0.543. The highest BCUT2D eigenvalue weighted by Crippen LogP contribution is 2.32. The van der Waals surface area contributed by atoms with Crippen LogP contribution < -0.4 is 9.04 Å². The summed E-state index contributed by atoms with van der Waals surface area (Å²) in [5.41, 5.74) is 3.05. The van der Waals surface area contributed by atoms with E-state index in [-0.39, 0.29) is 10.8 Å². The normalized spacial score (nSPS) is 13.0. The minimum Gasteiger partial charge on any atom is -0.497 e. The smallest absolute Gasteiger partial charge is 0.264 e. The lowest BCUT2D eigenvalue weighted by molar-refractivity contribution is 0.0752. The molecule has 0 bridgehead atoms. The molecule has 0 fully saturated rings. The molecule has 1 amide bonds. The minimum absolute atomic E-state index is 0.126. The van der Waals surface area contributed by atoms with E-state index < -0.39 is 10.0 Å². The van der Waals surface area contributed by atoms with E-state index in [9.17, 15) is 13.2 Å². The van der Waals surface area contributed by atoms with Crippen LogP contribution in [0.2, 0.25) is 0 Å². The maximum Gasteiger partial charge on any atom is 0.264 e. The Hall–Kier alpha value is -3.32. The molecular formula is C25H26N2O4S. The van der Waals surface area contributed by atoms with Crippen molar-refractivity contribution in [3.63, 3.8) is 0 Å². The summed E-state index contributed by atoms with van der Waals surface area (Å²) < 4.78 is 33.3. The Morgan fingerprint density at radius 1 is 1.03 bits per heavy atom. The molecule has 0 saturated carbocycles. The number of para-hydroxylation sites is 1. The summed E-state index contributed by atoms with van der Waals surface area (Å²) in [5.74, 6) is 0.548. The third-order valence-corrected chi connectivity index (χ3v) is 7.52. The van der Waals surface area contributed by atoms with Gasteiger partial charge in [0.05, 0.1) is 17.7 Å². The predicted octanol–water partition coefficient (Wildman–Crippen LogP) is 4.11. The van der Waals surface area contributed by atoms with Crippen LogP contribution in [0.25, 0.3) is 0 Å². The van der Waals surface area contributed by atoms with Gasteiger partial charge in [0, 0.05) is 25.2 Å². The van der Waals surface area contributed by atoms with Gasteiger partial charge in [0.15, 0.2) is 0 Å². The fourth-order valence-corrected chi connectivity index (χ4v) is 5.49. The zero-order valence-electron chi connectivity index (χ0n) is 18.2. The van der Waals surface area contributed by atoms with Crippen molar-refractivity contribution in [3.8, 4) is 5.75 Å². The number of sulfonamides is 1. The lowest BCUT2D eigenvalue weighted by atomic mass is 10.1. The molecule has 1 aliphatic heterocycles. The van der Waals surface area contributed by atoms with Gasteiger partial charge in [-0.15, -0.1) is 0 Å². The van der Waals surface area contributed by atoms with Crippen LogP contribution >= 0.6 is 0 Å². The first-order chi connectivity index (χ1) is 15.4. The summed E-state index contributed by atoms with van der Waals surface area (Å²) in [6.07, 6.45) is 0.680. The van der Waals surface area contributed by atoms with E-state index in [1.807, 2.05) is 55.5 Å². The molecule has 0 aromatic heterocycles. The number of ether oxygens (including phenoxy) is 1. The number of carbonyl (C=O) groups excluding carboxylic acids is 1. The molecule has 1 heterocycles. The third-order valence-electron chi connectivity index (χ3n) is 5.71. The molecule has 0 unspecified atom stereocenters.